The molecule has 0 saturated heterocycles. The molecule has 0 spiro atoms. The maximum atomic E-state index is 12.9. The number of anilines is 1. The van der Waals surface area contributed by atoms with Gasteiger partial charge in [0.25, 0.3) is 5.91 Å². The topological polar surface area (TPSA) is 109 Å². The van der Waals surface area contributed by atoms with Crippen LogP contribution in [0.2, 0.25) is 0 Å². The van der Waals surface area contributed by atoms with E-state index < -0.39 is 23.5 Å². The first-order valence-electron chi connectivity index (χ1n) is 8.86. The molecule has 30 heavy (non-hydrogen) atoms. The zero-order valence-electron chi connectivity index (χ0n) is 16.2. The van der Waals surface area contributed by atoms with Gasteiger partial charge in [-0.15, -0.1) is 0 Å². The zero-order valence-corrected chi connectivity index (χ0v) is 17.8. The van der Waals surface area contributed by atoms with E-state index in [-0.39, 0.29) is 12.6 Å². The van der Waals surface area contributed by atoms with E-state index in [0.29, 0.717) is 17.0 Å². The molecule has 0 bridgehead atoms. The Morgan fingerprint density at radius 3 is 2.50 bits per heavy atom. The lowest BCUT2D eigenvalue weighted by atomic mass is 10.2. The van der Waals surface area contributed by atoms with Crippen molar-refractivity contribution in [3.8, 4) is 5.75 Å². The monoisotopic (exact) mass is 478 g/mol. The number of rotatable bonds is 7. The van der Waals surface area contributed by atoms with Gasteiger partial charge < -0.3 is 15.4 Å². The quantitative estimate of drug-likeness (QED) is 0.322. The summed E-state index contributed by atoms with van der Waals surface area (Å²) in [6.07, 6.45) is 1.29. The second-order valence-corrected chi connectivity index (χ2v) is 7.27. The van der Waals surface area contributed by atoms with E-state index in [1.807, 2.05) is 0 Å². The van der Waals surface area contributed by atoms with Crippen LogP contribution >= 0.6 is 15.9 Å². The SMILES string of the molecule is CC(C)NC(=O)C(=O)N/N=C\c1cc(Br)ccc1OCC(=O)Nc1ccc(F)cc1. The molecule has 3 amide bonds. The molecule has 0 unspecified atom stereocenters. The third-order valence-corrected chi connectivity index (χ3v) is 3.95. The second kappa shape index (κ2) is 11.1. The Bertz CT molecular complexity index is 948. The molecule has 0 aromatic heterocycles. The van der Waals surface area contributed by atoms with Gasteiger partial charge in [-0.05, 0) is 56.3 Å². The van der Waals surface area contributed by atoms with Gasteiger partial charge in [0.2, 0.25) is 0 Å². The fourth-order valence-electron chi connectivity index (χ4n) is 2.16. The van der Waals surface area contributed by atoms with E-state index in [2.05, 4.69) is 37.1 Å². The summed E-state index contributed by atoms with van der Waals surface area (Å²) < 4.78 is 19.2. The number of benzene rings is 2. The summed E-state index contributed by atoms with van der Waals surface area (Å²) in [7, 11) is 0. The van der Waals surface area contributed by atoms with Crippen molar-refractivity contribution in [1.82, 2.24) is 10.7 Å². The first-order chi connectivity index (χ1) is 14.2. The van der Waals surface area contributed by atoms with E-state index >= 15 is 0 Å². The molecule has 0 aliphatic heterocycles. The number of hydrogen-bond donors (Lipinski definition) is 3. The van der Waals surface area contributed by atoms with Crippen LogP contribution in [0.25, 0.3) is 0 Å². The third-order valence-electron chi connectivity index (χ3n) is 3.45. The Kier molecular flexibility index (Phi) is 8.48. The minimum Gasteiger partial charge on any atom is -0.483 e. The molecule has 0 radical (unpaired) electrons. The number of amides is 3. The molecule has 2 rings (SSSR count). The number of ether oxygens (including phenoxy) is 1. The molecule has 0 aliphatic rings. The van der Waals surface area contributed by atoms with Gasteiger partial charge in [0.05, 0.1) is 6.21 Å². The minimum atomic E-state index is -0.906. The predicted molar refractivity (Wildman–Crippen MR) is 114 cm³/mol. The number of carbonyl (C=O) groups excluding carboxylic acids is 3. The Labute approximate surface area is 181 Å². The van der Waals surface area contributed by atoms with Gasteiger partial charge in [-0.3, -0.25) is 14.4 Å². The predicted octanol–water partition coefficient (Wildman–Crippen LogP) is 2.58. The molecule has 0 saturated carbocycles. The highest BCUT2D eigenvalue weighted by Gasteiger charge is 2.13. The summed E-state index contributed by atoms with van der Waals surface area (Å²) >= 11 is 3.32. The molecule has 0 atom stereocenters. The van der Waals surface area contributed by atoms with Crippen LogP contribution in [0.4, 0.5) is 10.1 Å². The molecule has 0 fully saturated rings. The van der Waals surface area contributed by atoms with E-state index in [0.717, 1.165) is 4.47 Å². The fraction of sp³-hybridized carbons (Fsp3) is 0.200. The highest BCUT2D eigenvalue weighted by atomic mass is 79.9. The number of nitrogens with one attached hydrogen (secondary N) is 3. The van der Waals surface area contributed by atoms with Crippen molar-refractivity contribution in [1.29, 1.82) is 0 Å². The van der Waals surface area contributed by atoms with Crippen LogP contribution in [0.5, 0.6) is 5.75 Å². The van der Waals surface area contributed by atoms with Crippen LogP contribution in [-0.2, 0) is 14.4 Å². The van der Waals surface area contributed by atoms with Gasteiger partial charge in [0, 0.05) is 21.8 Å². The molecule has 10 heteroatoms. The van der Waals surface area contributed by atoms with Crippen LogP contribution in [0.1, 0.15) is 19.4 Å². The van der Waals surface area contributed by atoms with Crippen LogP contribution in [-0.4, -0.2) is 36.6 Å². The molecule has 8 nitrogen and oxygen atoms in total. The lowest BCUT2D eigenvalue weighted by molar-refractivity contribution is -0.139. The van der Waals surface area contributed by atoms with Gasteiger partial charge in [-0.2, -0.15) is 5.10 Å². The number of nitrogens with zero attached hydrogens (tertiary/aromatic N) is 1. The van der Waals surface area contributed by atoms with Crippen molar-refractivity contribution < 1.29 is 23.5 Å². The van der Waals surface area contributed by atoms with Crippen molar-refractivity contribution in [2.45, 2.75) is 19.9 Å². The molecule has 2 aromatic rings. The maximum Gasteiger partial charge on any atom is 0.329 e. The van der Waals surface area contributed by atoms with Crippen LogP contribution < -0.4 is 20.8 Å². The average molecular weight is 479 g/mol. The highest BCUT2D eigenvalue weighted by molar-refractivity contribution is 9.10. The molecule has 158 valence electrons. The number of carbonyl (C=O) groups is 3. The van der Waals surface area contributed by atoms with Crippen molar-refractivity contribution in [3.63, 3.8) is 0 Å². The summed E-state index contributed by atoms with van der Waals surface area (Å²) in [6.45, 7) is 3.15. The Hall–Kier alpha value is -3.27. The van der Waals surface area contributed by atoms with E-state index in [1.54, 1.807) is 32.0 Å². The largest absolute Gasteiger partial charge is 0.483 e. The molecular weight excluding hydrogens is 459 g/mol. The van der Waals surface area contributed by atoms with Crippen LogP contribution in [0.15, 0.2) is 52.0 Å². The van der Waals surface area contributed by atoms with Crippen molar-refractivity contribution in [2.75, 3.05) is 11.9 Å². The summed E-state index contributed by atoms with van der Waals surface area (Å²) in [4.78, 5) is 35.3. The van der Waals surface area contributed by atoms with Crippen molar-refractivity contribution in [3.05, 3.63) is 58.3 Å². The van der Waals surface area contributed by atoms with Gasteiger partial charge >= 0.3 is 11.8 Å². The smallest absolute Gasteiger partial charge is 0.329 e. The summed E-state index contributed by atoms with van der Waals surface area (Å²) in [5.74, 6) is -2.22. The standard InChI is InChI=1S/C20H20BrFN4O4/c1-12(2)24-19(28)20(29)26-23-10-13-9-14(21)3-8-17(13)30-11-18(27)25-16-6-4-15(22)5-7-16/h3-10,12H,11H2,1-2H3,(H,24,28)(H,25,27)(H,26,29)/b23-10-. The summed E-state index contributed by atoms with van der Waals surface area (Å²) in [5.41, 5.74) is 3.02. The van der Waals surface area contributed by atoms with Gasteiger partial charge in [0.1, 0.15) is 11.6 Å². The van der Waals surface area contributed by atoms with Gasteiger partial charge in [0.15, 0.2) is 6.61 Å². The third kappa shape index (κ3) is 7.63. The number of hydrogen-bond acceptors (Lipinski definition) is 5. The lowest BCUT2D eigenvalue weighted by Crippen LogP contribution is -2.41. The Morgan fingerprint density at radius 1 is 1.13 bits per heavy atom. The summed E-state index contributed by atoms with van der Waals surface area (Å²) in [6, 6.07) is 10.1. The van der Waals surface area contributed by atoms with E-state index in [4.69, 9.17) is 4.74 Å². The second-order valence-electron chi connectivity index (χ2n) is 6.35. The lowest BCUT2D eigenvalue weighted by Gasteiger charge is -2.10. The maximum absolute atomic E-state index is 12.9. The van der Waals surface area contributed by atoms with Crippen molar-refractivity contribution >= 4 is 45.6 Å². The van der Waals surface area contributed by atoms with Gasteiger partial charge in [-0.1, -0.05) is 15.9 Å². The molecular formula is C20H20BrFN4O4. The fourth-order valence-corrected chi connectivity index (χ4v) is 2.54. The first-order valence-corrected chi connectivity index (χ1v) is 9.65. The van der Waals surface area contributed by atoms with Crippen molar-refractivity contribution in [2.24, 2.45) is 5.10 Å². The molecule has 2 aromatic carbocycles. The first kappa shape index (κ1) is 23.0. The Balaban J connectivity index is 1.97. The van der Waals surface area contributed by atoms with Gasteiger partial charge in [-0.25, -0.2) is 9.82 Å². The zero-order chi connectivity index (χ0) is 22.1. The van der Waals surface area contributed by atoms with E-state index in [1.165, 1.54) is 30.5 Å². The average Bonchev–Trinajstić information content (AvgIpc) is 2.68. The minimum absolute atomic E-state index is 0.182. The van der Waals surface area contributed by atoms with Crippen LogP contribution in [0, 0.1) is 5.82 Å². The summed E-state index contributed by atoms with van der Waals surface area (Å²) in [5, 5.41) is 8.78. The van der Waals surface area contributed by atoms with E-state index in [9.17, 15) is 18.8 Å². The molecule has 0 heterocycles. The van der Waals surface area contributed by atoms with Crippen LogP contribution in [0.3, 0.4) is 0 Å². The Morgan fingerprint density at radius 2 is 1.83 bits per heavy atom. The molecule has 3 N–H and O–H groups in total. The number of hydrazone groups is 1. The normalized spacial score (nSPS) is 10.7. The highest BCUT2D eigenvalue weighted by Crippen LogP contribution is 2.22. The number of halogens is 2. The molecule has 0 aliphatic carbocycles.